The van der Waals surface area contributed by atoms with Crippen molar-refractivity contribution in [3.8, 4) is 5.75 Å². The molecule has 1 fully saturated rings. The molecule has 21 heavy (non-hydrogen) atoms. The zero-order chi connectivity index (χ0) is 15.1. The topological polar surface area (TPSA) is 50.4 Å². The Hall–Kier alpha value is -1.97. The number of anilines is 1. The van der Waals surface area contributed by atoms with E-state index in [4.69, 9.17) is 4.74 Å². The van der Waals surface area contributed by atoms with Crippen LogP contribution >= 0.6 is 0 Å². The number of ether oxygens (including phenoxy) is 1. The summed E-state index contributed by atoms with van der Waals surface area (Å²) in [4.78, 5) is 11.8. The molecule has 1 saturated carbocycles. The van der Waals surface area contributed by atoms with E-state index in [1.54, 1.807) is 0 Å². The number of amides is 2. The normalized spacial score (nSPS) is 15.8. The highest BCUT2D eigenvalue weighted by molar-refractivity contribution is 5.89. The number of nitrogens with one attached hydrogen (secondary N) is 2. The van der Waals surface area contributed by atoms with Gasteiger partial charge in [-0.05, 0) is 56.9 Å². The van der Waals surface area contributed by atoms with Gasteiger partial charge in [-0.2, -0.15) is 0 Å². The van der Waals surface area contributed by atoms with Crippen molar-refractivity contribution in [1.82, 2.24) is 5.32 Å². The Morgan fingerprint density at radius 2 is 1.95 bits per heavy atom. The van der Waals surface area contributed by atoms with Crippen LogP contribution in [0.15, 0.2) is 36.0 Å². The molecule has 2 amide bonds. The Morgan fingerprint density at radius 1 is 1.29 bits per heavy atom. The smallest absolute Gasteiger partial charge is 0.323 e. The van der Waals surface area contributed by atoms with Crippen LogP contribution < -0.4 is 15.4 Å². The molecule has 2 N–H and O–H groups in total. The number of benzene rings is 1. The molecule has 2 rings (SSSR count). The average molecular weight is 288 g/mol. The largest absolute Gasteiger partial charge is 0.494 e. The summed E-state index contributed by atoms with van der Waals surface area (Å²) in [5.41, 5.74) is 2.01. The molecule has 0 bridgehead atoms. The Kier molecular flexibility index (Phi) is 5.67. The van der Waals surface area contributed by atoms with Gasteiger partial charge in [-0.15, -0.1) is 0 Å². The molecule has 0 heterocycles. The highest BCUT2D eigenvalue weighted by Gasteiger charge is 2.16. The van der Waals surface area contributed by atoms with Crippen molar-refractivity contribution in [2.24, 2.45) is 5.92 Å². The number of hydrogen-bond donors (Lipinski definition) is 2. The second-order valence-electron chi connectivity index (χ2n) is 5.43. The Labute approximate surface area is 126 Å². The van der Waals surface area contributed by atoms with Crippen molar-refractivity contribution in [3.63, 3.8) is 0 Å². The molecule has 0 atom stereocenters. The first-order valence-electron chi connectivity index (χ1n) is 7.66. The minimum atomic E-state index is -0.212. The fraction of sp³-hybridized carbons (Fsp3) is 0.471. The summed E-state index contributed by atoms with van der Waals surface area (Å²) in [5, 5.41) is 5.61. The highest BCUT2D eigenvalue weighted by Crippen LogP contribution is 2.30. The number of carbonyl (C=O) groups is 1. The maximum absolute atomic E-state index is 11.8. The van der Waals surface area contributed by atoms with E-state index in [0.717, 1.165) is 11.4 Å². The van der Waals surface area contributed by atoms with Gasteiger partial charge in [0, 0.05) is 11.9 Å². The Morgan fingerprint density at radius 3 is 2.57 bits per heavy atom. The van der Waals surface area contributed by atoms with Crippen LogP contribution in [0.1, 0.15) is 39.5 Å². The number of hydrogen-bond acceptors (Lipinski definition) is 2. The van der Waals surface area contributed by atoms with Gasteiger partial charge in [0.2, 0.25) is 0 Å². The third-order valence-electron chi connectivity index (χ3n) is 3.85. The van der Waals surface area contributed by atoms with Crippen LogP contribution in [0, 0.1) is 5.92 Å². The first kappa shape index (κ1) is 15.4. The van der Waals surface area contributed by atoms with Crippen molar-refractivity contribution >= 4 is 11.7 Å². The quantitative estimate of drug-likeness (QED) is 0.848. The van der Waals surface area contributed by atoms with Gasteiger partial charge >= 0.3 is 6.03 Å². The van der Waals surface area contributed by atoms with Crippen molar-refractivity contribution in [2.45, 2.75) is 39.5 Å². The number of allylic oxidation sites excluding steroid dienone is 1. The third-order valence-corrected chi connectivity index (χ3v) is 3.85. The number of urea groups is 1. The van der Waals surface area contributed by atoms with Crippen molar-refractivity contribution in [3.05, 3.63) is 36.0 Å². The van der Waals surface area contributed by atoms with E-state index in [1.807, 2.05) is 37.4 Å². The van der Waals surface area contributed by atoms with Gasteiger partial charge in [0.1, 0.15) is 5.75 Å². The molecule has 4 nitrogen and oxygen atoms in total. The highest BCUT2D eigenvalue weighted by atomic mass is 16.5. The second kappa shape index (κ2) is 7.72. The van der Waals surface area contributed by atoms with E-state index >= 15 is 0 Å². The molecule has 0 saturated heterocycles. The maximum Gasteiger partial charge on any atom is 0.323 e. The number of carbonyl (C=O) groups excluding carboxylic acids is 1. The first-order valence-corrected chi connectivity index (χ1v) is 7.66. The molecule has 114 valence electrons. The predicted molar refractivity (Wildman–Crippen MR) is 85.5 cm³/mol. The molecule has 1 aromatic rings. The fourth-order valence-electron chi connectivity index (χ4n) is 2.65. The van der Waals surface area contributed by atoms with Crippen molar-refractivity contribution < 1.29 is 9.53 Å². The van der Waals surface area contributed by atoms with E-state index in [9.17, 15) is 4.79 Å². The molecular weight excluding hydrogens is 264 g/mol. The lowest BCUT2D eigenvalue weighted by Crippen LogP contribution is -2.24. The van der Waals surface area contributed by atoms with Gasteiger partial charge < -0.3 is 15.4 Å². The van der Waals surface area contributed by atoms with Crippen LogP contribution in [-0.2, 0) is 0 Å². The van der Waals surface area contributed by atoms with E-state index in [2.05, 4.69) is 17.6 Å². The van der Waals surface area contributed by atoms with Crippen LogP contribution in [-0.4, -0.2) is 12.6 Å². The lowest BCUT2D eigenvalue weighted by molar-refractivity contribution is 0.255. The molecule has 1 aliphatic rings. The van der Waals surface area contributed by atoms with Crippen LogP contribution in [0.2, 0.25) is 0 Å². The van der Waals surface area contributed by atoms with Crippen molar-refractivity contribution in [2.75, 3.05) is 11.9 Å². The van der Waals surface area contributed by atoms with Gasteiger partial charge in [-0.25, -0.2) is 4.79 Å². The maximum atomic E-state index is 11.8. The summed E-state index contributed by atoms with van der Waals surface area (Å²) in [7, 11) is 0. The van der Waals surface area contributed by atoms with E-state index in [-0.39, 0.29) is 6.03 Å². The summed E-state index contributed by atoms with van der Waals surface area (Å²) in [6.07, 6.45) is 6.91. The minimum Gasteiger partial charge on any atom is -0.494 e. The zero-order valence-electron chi connectivity index (χ0n) is 12.8. The van der Waals surface area contributed by atoms with E-state index in [1.165, 1.54) is 31.3 Å². The summed E-state index contributed by atoms with van der Waals surface area (Å²) in [5.74, 6) is 1.44. The minimum absolute atomic E-state index is 0.212. The lowest BCUT2D eigenvalue weighted by atomic mass is 10.0. The SMILES string of the molecule is CCOc1ccc(NC(=O)N/C=C(\C)C2CCCC2)cc1. The fourth-order valence-corrected chi connectivity index (χ4v) is 2.65. The van der Waals surface area contributed by atoms with Gasteiger partial charge in [0.05, 0.1) is 6.61 Å². The van der Waals surface area contributed by atoms with Crippen molar-refractivity contribution in [1.29, 1.82) is 0 Å². The van der Waals surface area contributed by atoms with Gasteiger partial charge in [0.25, 0.3) is 0 Å². The first-order chi connectivity index (χ1) is 10.2. The molecule has 0 aromatic heterocycles. The monoisotopic (exact) mass is 288 g/mol. The molecule has 0 radical (unpaired) electrons. The van der Waals surface area contributed by atoms with E-state index in [0.29, 0.717) is 12.5 Å². The molecule has 4 heteroatoms. The lowest BCUT2D eigenvalue weighted by Gasteiger charge is -2.11. The molecule has 0 spiro atoms. The molecule has 0 unspecified atom stereocenters. The third kappa shape index (κ3) is 4.81. The van der Waals surface area contributed by atoms with Gasteiger partial charge in [-0.1, -0.05) is 18.4 Å². The molecular formula is C17H24N2O2. The predicted octanol–water partition coefficient (Wildman–Crippen LogP) is 4.30. The molecule has 0 aliphatic heterocycles. The molecule has 1 aliphatic carbocycles. The van der Waals surface area contributed by atoms with Crippen LogP contribution in [0.3, 0.4) is 0 Å². The summed E-state index contributed by atoms with van der Waals surface area (Å²) in [6.45, 7) is 4.67. The zero-order valence-corrected chi connectivity index (χ0v) is 12.8. The number of rotatable bonds is 5. The van der Waals surface area contributed by atoms with E-state index < -0.39 is 0 Å². The van der Waals surface area contributed by atoms with Gasteiger partial charge in [0.15, 0.2) is 0 Å². The average Bonchev–Trinajstić information content (AvgIpc) is 3.01. The second-order valence-corrected chi connectivity index (χ2v) is 5.43. The Bertz CT molecular complexity index is 488. The molecule has 1 aromatic carbocycles. The summed E-state index contributed by atoms with van der Waals surface area (Å²) in [6, 6.07) is 7.14. The van der Waals surface area contributed by atoms with Crippen LogP contribution in [0.4, 0.5) is 10.5 Å². The standard InChI is InChI=1S/C17H24N2O2/c1-3-21-16-10-8-15(9-11-16)19-17(20)18-12-13(2)14-6-4-5-7-14/h8-12,14H,3-7H2,1-2H3,(H2,18,19,20)/b13-12+. The van der Waals surface area contributed by atoms with Crippen LogP contribution in [0.25, 0.3) is 0 Å². The Balaban J connectivity index is 1.82. The van der Waals surface area contributed by atoms with Crippen LogP contribution in [0.5, 0.6) is 5.75 Å². The van der Waals surface area contributed by atoms with Gasteiger partial charge in [-0.3, -0.25) is 0 Å². The summed E-state index contributed by atoms with van der Waals surface area (Å²) >= 11 is 0. The summed E-state index contributed by atoms with van der Waals surface area (Å²) < 4.78 is 5.36.